The predicted octanol–water partition coefficient (Wildman–Crippen LogP) is 2.45. The van der Waals surface area contributed by atoms with Crippen molar-refractivity contribution in [3.8, 4) is 0 Å². The van der Waals surface area contributed by atoms with Gasteiger partial charge in [-0.15, -0.1) is 0 Å². The van der Waals surface area contributed by atoms with Crippen molar-refractivity contribution >= 4 is 11.5 Å². The van der Waals surface area contributed by atoms with E-state index in [1.165, 1.54) is 12.1 Å². The van der Waals surface area contributed by atoms with Crippen molar-refractivity contribution in [2.45, 2.75) is 6.54 Å². The molecular formula is C13H14FN3. The van der Waals surface area contributed by atoms with Crippen LogP contribution in [-0.4, -0.2) is 12.0 Å². The fourth-order valence-electron chi connectivity index (χ4n) is 1.58. The maximum atomic E-state index is 13.1. The number of rotatable bonds is 3. The van der Waals surface area contributed by atoms with E-state index in [9.17, 15) is 4.39 Å². The zero-order valence-corrected chi connectivity index (χ0v) is 9.60. The Morgan fingerprint density at radius 1 is 1.24 bits per heavy atom. The summed E-state index contributed by atoms with van der Waals surface area (Å²) in [7, 11) is 1.84. The number of pyridine rings is 1. The number of anilines is 2. The summed E-state index contributed by atoms with van der Waals surface area (Å²) >= 11 is 0. The Hall–Kier alpha value is -1.94. The zero-order valence-electron chi connectivity index (χ0n) is 9.60. The van der Waals surface area contributed by atoms with Crippen LogP contribution in [0.4, 0.5) is 15.9 Å². The van der Waals surface area contributed by atoms with Gasteiger partial charge in [-0.25, -0.2) is 9.37 Å². The van der Waals surface area contributed by atoms with Gasteiger partial charge in [0.2, 0.25) is 0 Å². The molecule has 4 heteroatoms. The molecule has 0 aliphatic carbocycles. The lowest BCUT2D eigenvalue weighted by Crippen LogP contribution is -2.12. The summed E-state index contributed by atoms with van der Waals surface area (Å²) in [6.45, 7) is 0.394. The first kappa shape index (κ1) is 11.5. The molecule has 0 amide bonds. The first-order valence-corrected chi connectivity index (χ1v) is 5.36. The van der Waals surface area contributed by atoms with Gasteiger partial charge in [-0.05, 0) is 30.3 Å². The van der Waals surface area contributed by atoms with Crippen molar-refractivity contribution in [2.75, 3.05) is 11.9 Å². The highest BCUT2D eigenvalue weighted by Gasteiger charge is 2.06. The summed E-state index contributed by atoms with van der Waals surface area (Å²) in [6.07, 6.45) is 0. The molecule has 0 atom stereocenters. The Morgan fingerprint density at radius 2 is 2.00 bits per heavy atom. The lowest BCUT2D eigenvalue weighted by molar-refractivity contribution is 0.628. The van der Waals surface area contributed by atoms with Gasteiger partial charge in [-0.1, -0.05) is 12.1 Å². The molecule has 1 heterocycles. The fraction of sp³-hybridized carbons (Fsp3) is 0.154. The van der Waals surface area contributed by atoms with Crippen LogP contribution in [0.5, 0.6) is 0 Å². The van der Waals surface area contributed by atoms with Gasteiger partial charge in [0, 0.05) is 19.3 Å². The van der Waals surface area contributed by atoms with Crippen LogP contribution in [0.1, 0.15) is 5.69 Å². The second-order valence-electron chi connectivity index (χ2n) is 3.73. The molecule has 0 radical (unpaired) electrons. The standard InChI is InChI=1S/C13H14FN3/c1-17(12-6-2-4-10(14)8-12)13-7-3-5-11(9-15)16-13/h2-8H,9,15H2,1H3. The number of halogens is 1. The average molecular weight is 231 g/mol. The van der Waals surface area contributed by atoms with Gasteiger partial charge < -0.3 is 10.6 Å². The normalized spacial score (nSPS) is 10.3. The molecule has 2 aromatic rings. The number of benzene rings is 1. The highest BCUT2D eigenvalue weighted by atomic mass is 19.1. The van der Waals surface area contributed by atoms with E-state index in [1.807, 2.05) is 36.2 Å². The molecular weight excluding hydrogens is 217 g/mol. The Kier molecular flexibility index (Phi) is 3.35. The van der Waals surface area contributed by atoms with Crippen LogP contribution in [0.2, 0.25) is 0 Å². The highest BCUT2D eigenvalue weighted by molar-refractivity contribution is 5.58. The van der Waals surface area contributed by atoms with E-state index >= 15 is 0 Å². The molecule has 0 aliphatic heterocycles. The molecule has 0 spiro atoms. The second-order valence-corrected chi connectivity index (χ2v) is 3.73. The Labute approximate surface area is 99.7 Å². The average Bonchev–Trinajstić information content (AvgIpc) is 2.38. The van der Waals surface area contributed by atoms with Crippen LogP contribution in [0, 0.1) is 5.82 Å². The smallest absolute Gasteiger partial charge is 0.133 e. The summed E-state index contributed by atoms with van der Waals surface area (Å²) in [5, 5.41) is 0. The molecule has 2 rings (SSSR count). The van der Waals surface area contributed by atoms with Crippen LogP contribution < -0.4 is 10.6 Å². The Balaban J connectivity index is 2.33. The van der Waals surface area contributed by atoms with E-state index in [1.54, 1.807) is 6.07 Å². The molecule has 1 aromatic carbocycles. The van der Waals surface area contributed by atoms with Crippen LogP contribution in [0.3, 0.4) is 0 Å². The van der Waals surface area contributed by atoms with E-state index in [4.69, 9.17) is 5.73 Å². The van der Waals surface area contributed by atoms with Crippen molar-refractivity contribution in [3.63, 3.8) is 0 Å². The molecule has 0 bridgehead atoms. The summed E-state index contributed by atoms with van der Waals surface area (Å²) in [5.74, 6) is 0.489. The second kappa shape index (κ2) is 4.93. The third-order valence-corrected chi connectivity index (χ3v) is 2.54. The topological polar surface area (TPSA) is 42.1 Å². The quantitative estimate of drug-likeness (QED) is 0.882. The third-order valence-electron chi connectivity index (χ3n) is 2.54. The van der Waals surface area contributed by atoms with Crippen molar-refractivity contribution in [1.29, 1.82) is 0 Å². The van der Waals surface area contributed by atoms with Gasteiger partial charge in [0.1, 0.15) is 11.6 Å². The van der Waals surface area contributed by atoms with Crippen molar-refractivity contribution in [2.24, 2.45) is 5.73 Å². The lowest BCUT2D eigenvalue weighted by Gasteiger charge is -2.18. The molecule has 1 aromatic heterocycles. The van der Waals surface area contributed by atoms with E-state index < -0.39 is 0 Å². The molecule has 2 N–H and O–H groups in total. The van der Waals surface area contributed by atoms with Crippen LogP contribution >= 0.6 is 0 Å². The summed E-state index contributed by atoms with van der Waals surface area (Å²) in [4.78, 5) is 6.20. The SMILES string of the molecule is CN(c1cccc(F)c1)c1cccc(CN)n1. The largest absolute Gasteiger partial charge is 0.329 e. The monoisotopic (exact) mass is 231 g/mol. The molecule has 0 saturated heterocycles. The van der Waals surface area contributed by atoms with Crippen LogP contribution in [0.25, 0.3) is 0 Å². The molecule has 3 nitrogen and oxygen atoms in total. The minimum absolute atomic E-state index is 0.260. The van der Waals surface area contributed by atoms with Gasteiger partial charge >= 0.3 is 0 Å². The van der Waals surface area contributed by atoms with E-state index in [-0.39, 0.29) is 5.82 Å². The van der Waals surface area contributed by atoms with Gasteiger partial charge in [-0.2, -0.15) is 0 Å². The fourth-order valence-corrected chi connectivity index (χ4v) is 1.58. The summed E-state index contributed by atoms with van der Waals surface area (Å²) < 4.78 is 13.1. The van der Waals surface area contributed by atoms with Gasteiger partial charge in [0.15, 0.2) is 0 Å². The molecule has 0 unspecified atom stereocenters. The predicted molar refractivity (Wildman–Crippen MR) is 66.6 cm³/mol. The maximum absolute atomic E-state index is 13.1. The van der Waals surface area contributed by atoms with E-state index in [0.29, 0.717) is 6.54 Å². The van der Waals surface area contributed by atoms with Crippen LogP contribution in [-0.2, 0) is 6.54 Å². The minimum atomic E-state index is -0.260. The number of nitrogens with zero attached hydrogens (tertiary/aromatic N) is 2. The first-order chi connectivity index (χ1) is 8.20. The molecule has 0 saturated carbocycles. The zero-order chi connectivity index (χ0) is 12.3. The Bertz CT molecular complexity index is 514. The number of aromatic nitrogens is 1. The van der Waals surface area contributed by atoms with Gasteiger partial charge in [-0.3, -0.25) is 0 Å². The molecule has 17 heavy (non-hydrogen) atoms. The molecule has 0 aliphatic rings. The maximum Gasteiger partial charge on any atom is 0.133 e. The molecule has 88 valence electrons. The third kappa shape index (κ3) is 2.60. The summed E-state index contributed by atoms with van der Waals surface area (Å²) in [6, 6.07) is 12.0. The minimum Gasteiger partial charge on any atom is -0.329 e. The summed E-state index contributed by atoms with van der Waals surface area (Å²) in [5.41, 5.74) is 7.11. The van der Waals surface area contributed by atoms with Crippen molar-refractivity contribution < 1.29 is 4.39 Å². The van der Waals surface area contributed by atoms with E-state index in [0.717, 1.165) is 17.2 Å². The number of nitrogens with two attached hydrogens (primary N) is 1. The lowest BCUT2D eigenvalue weighted by atomic mass is 10.2. The first-order valence-electron chi connectivity index (χ1n) is 5.36. The van der Waals surface area contributed by atoms with E-state index in [2.05, 4.69) is 4.98 Å². The van der Waals surface area contributed by atoms with Gasteiger partial charge in [0.25, 0.3) is 0 Å². The highest BCUT2D eigenvalue weighted by Crippen LogP contribution is 2.22. The van der Waals surface area contributed by atoms with Crippen molar-refractivity contribution in [3.05, 3.63) is 54.0 Å². The number of hydrogen-bond acceptors (Lipinski definition) is 3. The Morgan fingerprint density at radius 3 is 2.71 bits per heavy atom. The van der Waals surface area contributed by atoms with Gasteiger partial charge in [0.05, 0.1) is 5.69 Å². The van der Waals surface area contributed by atoms with Crippen molar-refractivity contribution in [1.82, 2.24) is 4.98 Å². The molecule has 0 fully saturated rings. The van der Waals surface area contributed by atoms with Crippen LogP contribution in [0.15, 0.2) is 42.5 Å². The number of hydrogen-bond donors (Lipinski definition) is 1.